The van der Waals surface area contributed by atoms with Crippen LogP contribution in [0.1, 0.15) is 31.2 Å². The van der Waals surface area contributed by atoms with Crippen LogP contribution in [0.5, 0.6) is 5.75 Å². The van der Waals surface area contributed by atoms with E-state index in [2.05, 4.69) is 9.88 Å². The van der Waals surface area contributed by atoms with Gasteiger partial charge in [-0.05, 0) is 61.6 Å². The number of amides is 1. The molecule has 1 aromatic heterocycles. The number of nitrogens with zero attached hydrogens (tertiary/aromatic N) is 3. The second kappa shape index (κ2) is 10.1. The molecule has 0 N–H and O–H groups in total. The number of piperidine rings is 2. The summed E-state index contributed by atoms with van der Waals surface area (Å²) in [5.74, 6) is 0.995. The second-order valence-corrected chi connectivity index (χ2v) is 8.41. The molecule has 2 aliphatic heterocycles. The lowest BCUT2D eigenvalue weighted by molar-refractivity contribution is -0.127. The molecule has 6 heteroatoms. The van der Waals surface area contributed by atoms with Gasteiger partial charge in [-0.2, -0.15) is 0 Å². The third-order valence-electron chi connectivity index (χ3n) is 6.01. The van der Waals surface area contributed by atoms with Gasteiger partial charge in [-0.15, -0.1) is 0 Å². The number of benzene rings is 1. The minimum atomic E-state index is 0.0906. The van der Waals surface area contributed by atoms with E-state index in [0.29, 0.717) is 11.1 Å². The minimum Gasteiger partial charge on any atom is -0.490 e. The van der Waals surface area contributed by atoms with Crippen molar-refractivity contribution in [2.24, 2.45) is 0 Å². The predicted octanol–water partition coefficient (Wildman–Crippen LogP) is 4.28. The van der Waals surface area contributed by atoms with Crippen LogP contribution in [0, 0.1) is 0 Å². The predicted molar refractivity (Wildman–Crippen MR) is 120 cm³/mol. The topological polar surface area (TPSA) is 45.7 Å². The van der Waals surface area contributed by atoms with E-state index >= 15 is 0 Å². The number of hydrogen-bond donors (Lipinski definition) is 0. The molecule has 2 saturated heterocycles. The highest BCUT2D eigenvalue weighted by Gasteiger charge is 2.29. The number of halogens is 1. The van der Waals surface area contributed by atoms with Crippen molar-refractivity contribution in [3.05, 3.63) is 65.5 Å². The Hall–Kier alpha value is -2.37. The summed E-state index contributed by atoms with van der Waals surface area (Å²) in [4.78, 5) is 21.1. The van der Waals surface area contributed by atoms with E-state index in [1.54, 1.807) is 18.5 Å². The van der Waals surface area contributed by atoms with E-state index in [1.165, 1.54) is 0 Å². The van der Waals surface area contributed by atoms with E-state index < -0.39 is 0 Å². The monoisotopic (exact) mass is 425 g/mol. The van der Waals surface area contributed by atoms with Gasteiger partial charge in [0.15, 0.2) is 0 Å². The maximum absolute atomic E-state index is 12.5. The highest BCUT2D eigenvalue weighted by molar-refractivity contribution is 6.30. The quantitative estimate of drug-likeness (QED) is 0.670. The maximum atomic E-state index is 12.5. The van der Waals surface area contributed by atoms with E-state index in [0.717, 1.165) is 63.2 Å². The Kier molecular flexibility index (Phi) is 7.03. The third-order valence-corrected chi connectivity index (χ3v) is 6.26. The van der Waals surface area contributed by atoms with Crippen LogP contribution in [-0.4, -0.2) is 59.0 Å². The Balaban J connectivity index is 1.20. The molecular formula is C24H28ClN3O2. The van der Waals surface area contributed by atoms with Crippen molar-refractivity contribution in [2.75, 3.05) is 26.2 Å². The molecule has 3 heterocycles. The highest BCUT2D eigenvalue weighted by atomic mass is 35.5. The molecule has 2 aliphatic rings. The number of carbonyl (C=O) groups is 1. The summed E-state index contributed by atoms with van der Waals surface area (Å²) in [6.07, 6.45) is 11.5. The summed E-state index contributed by atoms with van der Waals surface area (Å²) in [6, 6.07) is 11.9. The largest absolute Gasteiger partial charge is 0.490 e. The van der Waals surface area contributed by atoms with Gasteiger partial charge in [0, 0.05) is 55.7 Å². The number of rotatable bonds is 5. The first kappa shape index (κ1) is 20.9. The van der Waals surface area contributed by atoms with Crippen LogP contribution >= 0.6 is 11.6 Å². The molecule has 0 unspecified atom stereocenters. The van der Waals surface area contributed by atoms with Crippen LogP contribution in [0.25, 0.3) is 6.08 Å². The minimum absolute atomic E-state index is 0.0906. The summed E-state index contributed by atoms with van der Waals surface area (Å²) >= 11 is 5.91. The Morgan fingerprint density at radius 3 is 2.30 bits per heavy atom. The van der Waals surface area contributed by atoms with E-state index in [-0.39, 0.29) is 12.0 Å². The summed E-state index contributed by atoms with van der Waals surface area (Å²) < 4.78 is 6.07. The van der Waals surface area contributed by atoms with Crippen LogP contribution < -0.4 is 4.74 Å². The van der Waals surface area contributed by atoms with E-state index in [1.807, 2.05) is 47.4 Å². The van der Waals surface area contributed by atoms with Gasteiger partial charge in [0.05, 0.1) is 0 Å². The zero-order chi connectivity index (χ0) is 20.8. The first-order valence-corrected chi connectivity index (χ1v) is 11.1. The number of likely N-dealkylation sites (tertiary alicyclic amines) is 2. The molecule has 0 bridgehead atoms. The zero-order valence-electron chi connectivity index (χ0n) is 17.1. The molecular weight excluding hydrogens is 398 g/mol. The molecule has 158 valence electrons. The summed E-state index contributed by atoms with van der Waals surface area (Å²) in [5, 5.41) is 0.702. The van der Waals surface area contributed by atoms with Crippen LogP contribution in [0.15, 0.2) is 54.9 Å². The molecule has 0 saturated carbocycles. The van der Waals surface area contributed by atoms with E-state index in [9.17, 15) is 4.79 Å². The van der Waals surface area contributed by atoms with Gasteiger partial charge in [-0.1, -0.05) is 23.7 Å². The molecule has 5 nitrogen and oxygen atoms in total. The maximum Gasteiger partial charge on any atom is 0.246 e. The summed E-state index contributed by atoms with van der Waals surface area (Å²) in [7, 11) is 0. The van der Waals surface area contributed by atoms with Gasteiger partial charge >= 0.3 is 0 Å². The van der Waals surface area contributed by atoms with Crippen molar-refractivity contribution in [1.82, 2.24) is 14.8 Å². The van der Waals surface area contributed by atoms with Crippen molar-refractivity contribution in [1.29, 1.82) is 0 Å². The number of pyridine rings is 1. The van der Waals surface area contributed by atoms with Gasteiger partial charge in [0.1, 0.15) is 11.9 Å². The fourth-order valence-electron chi connectivity index (χ4n) is 4.27. The first-order valence-electron chi connectivity index (χ1n) is 10.7. The Morgan fingerprint density at radius 1 is 0.967 bits per heavy atom. The van der Waals surface area contributed by atoms with Gasteiger partial charge in [-0.25, -0.2) is 0 Å². The number of carbonyl (C=O) groups excluding carboxylic acids is 1. The van der Waals surface area contributed by atoms with Crippen molar-refractivity contribution in [3.8, 4) is 5.75 Å². The number of ether oxygens (including phenoxy) is 1. The number of aromatic nitrogens is 1. The number of hydrogen-bond acceptors (Lipinski definition) is 4. The third kappa shape index (κ3) is 5.61. The molecule has 0 radical (unpaired) electrons. The molecule has 30 heavy (non-hydrogen) atoms. The summed E-state index contributed by atoms with van der Waals surface area (Å²) in [5.41, 5.74) is 0.986. The Labute approximate surface area is 183 Å². The van der Waals surface area contributed by atoms with Gasteiger partial charge in [0.2, 0.25) is 5.91 Å². The fraction of sp³-hybridized carbons (Fsp3) is 0.417. The van der Waals surface area contributed by atoms with Gasteiger partial charge in [-0.3, -0.25) is 14.7 Å². The Bertz CT molecular complexity index is 841. The summed E-state index contributed by atoms with van der Waals surface area (Å²) in [6.45, 7) is 3.76. The molecule has 2 aromatic rings. The second-order valence-electron chi connectivity index (χ2n) is 7.98. The lowest BCUT2D eigenvalue weighted by atomic mass is 9.98. The fourth-order valence-corrected chi connectivity index (χ4v) is 4.39. The van der Waals surface area contributed by atoms with Crippen LogP contribution in [0.4, 0.5) is 0 Å². The average Bonchev–Trinajstić information content (AvgIpc) is 2.80. The smallest absolute Gasteiger partial charge is 0.246 e. The molecule has 1 amide bonds. The standard InChI is InChI=1S/C24H28ClN3O2/c25-20-4-1-19(2-5-20)3-6-24(29)28-15-9-21(10-16-28)27-17-11-23(12-18-27)30-22-7-13-26-14-8-22/h1-8,13-14,21,23H,9-12,15-18H2/b6-3+. The molecule has 4 rings (SSSR count). The Morgan fingerprint density at radius 2 is 1.63 bits per heavy atom. The van der Waals surface area contributed by atoms with Crippen molar-refractivity contribution in [3.63, 3.8) is 0 Å². The first-order chi connectivity index (χ1) is 14.7. The van der Waals surface area contributed by atoms with E-state index in [4.69, 9.17) is 16.3 Å². The van der Waals surface area contributed by atoms with Crippen molar-refractivity contribution in [2.45, 2.75) is 37.8 Å². The zero-order valence-corrected chi connectivity index (χ0v) is 17.9. The van der Waals surface area contributed by atoms with Crippen LogP contribution in [0.2, 0.25) is 5.02 Å². The van der Waals surface area contributed by atoms with Gasteiger partial charge < -0.3 is 9.64 Å². The molecule has 0 atom stereocenters. The van der Waals surface area contributed by atoms with Crippen molar-refractivity contribution >= 4 is 23.6 Å². The molecule has 0 aliphatic carbocycles. The van der Waals surface area contributed by atoms with Crippen molar-refractivity contribution < 1.29 is 9.53 Å². The van der Waals surface area contributed by atoms with Crippen LogP contribution in [0.3, 0.4) is 0 Å². The van der Waals surface area contributed by atoms with Crippen LogP contribution in [-0.2, 0) is 4.79 Å². The normalized spacial score (nSPS) is 19.3. The molecule has 0 spiro atoms. The average molecular weight is 426 g/mol. The van der Waals surface area contributed by atoms with Gasteiger partial charge in [0.25, 0.3) is 0 Å². The molecule has 2 fully saturated rings. The lowest BCUT2D eigenvalue weighted by Gasteiger charge is -2.41. The highest BCUT2D eigenvalue weighted by Crippen LogP contribution is 2.24. The SMILES string of the molecule is O=C(/C=C/c1ccc(Cl)cc1)N1CCC(N2CCC(Oc3ccncc3)CC2)CC1. The molecule has 1 aromatic carbocycles. The lowest BCUT2D eigenvalue weighted by Crippen LogP contribution is -2.49.